The topological polar surface area (TPSA) is 64.6 Å². The molecule has 0 saturated heterocycles. The molecule has 0 fully saturated rings. The molecule has 0 aromatic heterocycles. The molecule has 5 nitrogen and oxygen atoms in total. The number of ether oxygens (including phenoxy) is 2. The molecule has 1 amide bonds. The van der Waals surface area contributed by atoms with Crippen LogP contribution in [0.1, 0.15) is 15.9 Å². The highest BCUT2D eigenvalue weighted by atomic mass is 19.4. The van der Waals surface area contributed by atoms with Gasteiger partial charge in [-0.3, -0.25) is 4.79 Å². The number of hydrogen-bond donors (Lipinski definition) is 1. The van der Waals surface area contributed by atoms with E-state index < -0.39 is 35.8 Å². The van der Waals surface area contributed by atoms with Crippen LogP contribution in [0.4, 0.5) is 13.2 Å². The van der Waals surface area contributed by atoms with Gasteiger partial charge in [0, 0.05) is 0 Å². The first-order chi connectivity index (χ1) is 12.4. The number of halogens is 3. The van der Waals surface area contributed by atoms with Gasteiger partial charge in [0.05, 0.1) is 17.7 Å². The van der Waals surface area contributed by atoms with E-state index in [-0.39, 0.29) is 13.2 Å². The molecule has 138 valence electrons. The van der Waals surface area contributed by atoms with Crippen LogP contribution in [0.2, 0.25) is 0 Å². The van der Waals surface area contributed by atoms with Gasteiger partial charge in [0.1, 0.15) is 12.4 Å². The van der Waals surface area contributed by atoms with Crippen molar-refractivity contribution in [1.29, 1.82) is 0 Å². The Labute approximate surface area is 147 Å². The van der Waals surface area contributed by atoms with Crippen molar-refractivity contribution < 1.29 is 32.2 Å². The first-order valence-corrected chi connectivity index (χ1v) is 7.66. The van der Waals surface area contributed by atoms with Crippen LogP contribution in [0.5, 0.6) is 5.75 Å². The number of para-hydroxylation sites is 1. The molecule has 26 heavy (non-hydrogen) atoms. The summed E-state index contributed by atoms with van der Waals surface area (Å²) in [4.78, 5) is 23.4. The monoisotopic (exact) mass is 367 g/mol. The molecule has 1 N–H and O–H groups in total. The van der Waals surface area contributed by atoms with Gasteiger partial charge in [0.25, 0.3) is 5.91 Å². The molecule has 2 aromatic carbocycles. The van der Waals surface area contributed by atoms with Crippen molar-refractivity contribution >= 4 is 11.9 Å². The molecule has 0 aliphatic carbocycles. The van der Waals surface area contributed by atoms with Gasteiger partial charge < -0.3 is 14.8 Å². The maximum atomic E-state index is 12.9. The number of esters is 1. The van der Waals surface area contributed by atoms with E-state index in [0.717, 1.165) is 12.1 Å². The van der Waals surface area contributed by atoms with Crippen molar-refractivity contribution in [2.75, 3.05) is 19.8 Å². The maximum absolute atomic E-state index is 12.9. The molecule has 0 atom stereocenters. The lowest BCUT2D eigenvalue weighted by Crippen LogP contribution is -2.32. The Balaban J connectivity index is 1.76. The molecule has 0 aliphatic rings. The molecule has 0 spiro atoms. The average Bonchev–Trinajstić information content (AvgIpc) is 2.63. The minimum Gasteiger partial charge on any atom is -0.492 e. The van der Waals surface area contributed by atoms with E-state index in [0.29, 0.717) is 5.75 Å². The van der Waals surface area contributed by atoms with Crippen molar-refractivity contribution in [2.24, 2.45) is 0 Å². The van der Waals surface area contributed by atoms with Crippen LogP contribution < -0.4 is 10.1 Å². The van der Waals surface area contributed by atoms with Crippen molar-refractivity contribution in [3.05, 3.63) is 65.7 Å². The lowest BCUT2D eigenvalue weighted by Gasteiger charge is -2.12. The van der Waals surface area contributed by atoms with Crippen LogP contribution in [-0.4, -0.2) is 31.6 Å². The maximum Gasteiger partial charge on any atom is 0.417 e. The second kappa shape index (κ2) is 8.89. The number of rotatable bonds is 7. The van der Waals surface area contributed by atoms with E-state index in [1.165, 1.54) is 12.1 Å². The number of nitrogens with one attached hydrogen (secondary N) is 1. The van der Waals surface area contributed by atoms with Gasteiger partial charge in [-0.25, -0.2) is 4.79 Å². The highest BCUT2D eigenvalue weighted by Crippen LogP contribution is 2.32. The summed E-state index contributed by atoms with van der Waals surface area (Å²) in [6.07, 6.45) is -4.69. The predicted octanol–water partition coefficient (Wildman–Crippen LogP) is 3.06. The SMILES string of the molecule is O=C(COC(=O)c1ccccc1C(F)(F)F)NCCOc1ccccc1. The summed E-state index contributed by atoms with van der Waals surface area (Å²) < 4.78 is 48.6. The molecule has 0 bridgehead atoms. The quantitative estimate of drug-likeness (QED) is 0.604. The van der Waals surface area contributed by atoms with Crippen LogP contribution in [-0.2, 0) is 15.7 Å². The normalized spacial score (nSPS) is 10.9. The second-order valence-electron chi connectivity index (χ2n) is 5.13. The molecular weight excluding hydrogens is 351 g/mol. The Hall–Kier alpha value is -3.03. The third-order valence-corrected chi connectivity index (χ3v) is 3.22. The van der Waals surface area contributed by atoms with Gasteiger partial charge in [-0.2, -0.15) is 13.2 Å². The Morgan fingerprint density at radius 1 is 0.962 bits per heavy atom. The second-order valence-corrected chi connectivity index (χ2v) is 5.13. The Bertz CT molecular complexity index is 748. The van der Waals surface area contributed by atoms with Crippen molar-refractivity contribution in [3.8, 4) is 5.75 Å². The minimum absolute atomic E-state index is 0.157. The Kier molecular flexibility index (Phi) is 6.60. The zero-order valence-electron chi connectivity index (χ0n) is 13.6. The summed E-state index contributed by atoms with van der Waals surface area (Å²) in [6, 6.07) is 13.2. The number of carbonyl (C=O) groups is 2. The molecular formula is C18H16F3NO4. The van der Waals surface area contributed by atoms with E-state index in [9.17, 15) is 22.8 Å². The highest BCUT2D eigenvalue weighted by molar-refractivity contribution is 5.92. The number of benzene rings is 2. The summed E-state index contributed by atoms with van der Waals surface area (Å²) >= 11 is 0. The van der Waals surface area contributed by atoms with Crippen molar-refractivity contribution in [3.63, 3.8) is 0 Å². The largest absolute Gasteiger partial charge is 0.492 e. The first-order valence-electron chi connectivity index (χ1n) is 7.66. The standard InChI is InChI=1S/C18H16F3NO4/c19-18(20,21)15-9-5-4-8-14(15)17(24)26-12-16(23)22-10-11-25-13-6-2-1-3-7-13/h1-9H,10-12H2,(H,22,23). The van der Waals surface area contributed by atoms with E-state index in [4.69, 9.17) is 4.74 Å². The predicted molar refractivity (Wildman–Crippen MR) is 86.7 cm³/mol. The van der Waals surface area contributed by atoms with Crippen LogP contribution in [0, 0.1) is 0 Å². The fourth-order valence-corrected chi connectivity index (χ4v) is 2.04. The van der Waals surface area contributed by atoms with Gasteiger partial charge in [0.2, 0.25) is 0 Å². The van der Waals surface area contributed by atoms with Crippen molar-refractivity contribution in [1.82, 2.24) is 5.32 Å². The fourth-order valence-electron chi connectivity index (χ4n) is 2.04. The van der Waals surface area contributed by atoms with E-state index in [1.54, 1.807) is 24.3 Å². The van der Waals surface area contributed by atoms with Crippen LogP contribution in [0.25, 0.3) is 0 Å². The summed E-state index contributed by atoms with van der Waals surface area (Å²) in [5, 5.41) is 2.44. The molecule has 0 radical (unpaired) electrons. The van der Waals surface area contributed by atoms with Gasteiger partial charge >= 0.3 is 12.1 Å². The van der Waals surface area contributed by atoms with E-state index in [2.05, 4.69) is 10.1 Å². The first kappa shape index (κ1) is 19.3. The molecule has 0 aliphatic heterocycles. The molecule has 0 unspecified atom stereocenters. The van der Waals surface area contributed by atoms with Crippen LogP contribution >= 0.6 is 0 Å². The Morgan fingerprint density at radius 3 is 2.31 bits per heavy atom. The molecule has 2 rings (SSSR count). The lowest BCUT2D eigenvalue weighted by molar-refractivity contribution is -0.138. The summed E-state index contributed by atoms with van der Waals surface area (Å²) in [5.41, 5.74) is -1.75. The number of hydrogen-bond acceptors (Lipinski definition) is 4. The summed E-state index contributed by atoms with van der Waals surface area (Å²) in [6.45, 7) is -0.332. The Morgan fingerprint density at radius 2 is 1.62 bits per heavy atom. The number of carbonyl (C=O) groups excluding carboxylic acids is 2. The van der Waals surface area contributed by atoms with Gasteiger partial charge in [-0.05, 0) is 24.3 Å². The molecule has 0 heterocycles. The van der Waals surface area contributed by atoms with Crippen LogP contribution in [0.15, 0.2) is 54.6 Å². The van der Waals surface area contributed by atoms with E-state index in [1.807, 2.05) is 6.07 Å². The van der Waals surface area contributed by atoms with Gasteiger partial charge in [0.15, 0.2) is 6.61 Å². The average molecular weight is 367 g/mol. The van der Waals surface area contributed by atoms with Crippen LogP contribution in [0.3, 0.4) is 0 Å². The minimum atomic E-state index is -4.69. The summed E-state index contributed by atoms with van der Waals surface area (Å²) in [7, 11) is 0. The third kappa shape index (κ3) is 5.80. The third-order valence-electron chi connectivity index (χ3n) is 3.22. The zero-order chi connectivity index (χ0) is 19.0. The molecule has 0 saturated carbocycles. The van der Waals surface area contributed by atoms with Gasteiger partial charge in [-0.1, -0.05) is 30.3 Å². The lowest BCUT2D eigenvalue weighted by atomic mass is 10.1. The fraction of sp³-hybridized carbons (Fsp3) is 0.222. The smallest absolute Gasteiger partial charge is 0.417 e. The summed E-state index contributed by atoms with van der Waals surface area (Å²) in [5.74, 6) is -1.22. The number of amides is 1. The van der Waals surface area contributed by atoms with Gasteiger partial charge in [-0.15, -0.1) is 0 Å². The molecule has 8 heteroatoms. The van der Waals surface area contributed by atoms with Crippen molar-refractivity contribution in [2.45, 2.75) is 6.18 Å². The van der Waals surface area contributed by atoms with E-state index >= 15 is 0 Å². The zero-order valence-corrected chi connectivity index (χ0v) is 13.6. The highest BCUT2D eigenvalue weighted by Gasteiger charge is 2.35. The number of alkyl halides is 3. The molecule has 2 aromatic rings.